The van der Waals surface area contributed by atoms with Crippen molar-refractivity contribution in [2.24, 2.45) is 21.9 Å². The van der Waals surface area contributed by atoms with Gasteiger partial charge in [0.25, 0.3) is 6.43 Å². The summed E-state index contributed by atoms with van der Waals surface area (Å²) < 4.78 is 65.6. The summed E-state index contributed by atoms with van der Waals surface area (Å²) in [5.41, 5.74) is 7.57. The monoisotopic (exact) mass is 420 g/mol. The quantitative estimate of drug-likeness (QED) is 0.441. The number of aliphatic imine (C=N–C) groups is 1. The highest BCUT2D eigenvalue weighted by atomic mass is 19.4. The molecule has 5 N–H and O–H groups in total. The molecule has 1 aromatic rings. The number of rotatable bonds is 8. The smallest absolute Gasteiger partial charge is 0.403 e. The van der Waals surface area contributed by atoms with E-state index < -0.39 is 36.0 Å². The summed E-state index contributed by atoms with van der Waals surface area (Å²) >= 11 is 0. The first kappa shape index (κ1) is 22.5. The Morgan fingerprint density at radius 2 is 2.03 bits per heavy atom. The molecule has 7 nitrogen and oxygen atoms in total. The van der Waals surface area contributed by atoms with Gasteiger partial charge in [0.2, 0.25) is 11.9 Å². The van der Waals surface area contributed by atoms with Gasteiger partial charge in [-0.3, -0.25) is 9.79 Å². The SMILES string of the molecule is CC(=NCC(C)(C(N)=O)C(F)F)/C(=C\N)Nc1ncc(C(F)(F)F)c(C2CC2)n1. The molecule has 1 saturated carbocycles. The van der Waals surface area contributed by atoms with Crippen LogP contribution in [-0.2, 0) is 11.0 Å². The molecular weight excluding hydrogens is 399 g/mol. The summed E-state index contributed by atoms with van der Waals surface area (Å²) in [6.45, 7) is 1.80. The third-order valence-electron chi connectivity index (χ3n) is 4.58. The van der Waals surface area contributed by atoms with E-state index in [1.165, 1.54) is 6.92 Å². The molecule has 0 aliphatic heterocycles. The second-order valence-electron chi connectivity index (χ2n) is 6.95. The van der Waals surface area contributed by atoms with Gasteiger partial charge in [-0.1, -0.05) is 0 Å². The molecule has 29 heavy (non-hydrogen) atoms. The van der Waals surface area contributed by atoms with E-state index >= 15 is 0 Å². The van der Waals surface area contributed by atoms with E-state index in [1.54, 1.807) is 0 Å². The Bertz CT molecular complexity index is 834. The predicted molar refractivity (Wildman–Crippen MR) is 96.2 cm³/mol. The molecule has 12 heteroatoms. The summed E-state index contributed by atoms with van der Waals surface area (Å²) in [5.74, 6) is -1.65. The van der Waals surface area contributed by atoms with Crippen molar-refractivity contribution in [3.05, 3.63) is 29.4 Å². The predicted octanol–water partition coefficient (Wildman–Crippen LogP) is 2.80. The molecule has 0 radical (unpaired) electrons. The van der Waals surface area contributed by atoms with Gasteiger partial charge in [0.05, 0.1) is 29.2 Å². The number of halogens is 5. The first-order valence-corrected chi connectivity index (χ1v) is 8.62. The first-order valence-electron chi connectivity index (χ1n) is 8.62. The fourth-order valence-corrected chi connectivity index (χ4v) is 2.34. The highest BCUT2D eigenvalue weighted by Crippen LogP contribution is 2.44. The van der Waals surface area contributed by atoms with E-state index in [4.69, 9.17) is 11.5 Å². The number of anilines is 1. The molecule has 1 atom stereocenters. The Balaban J connectivity index is 2.23. The lowest BCUT2D eigenvalue weighted by molar-refractivity contribution is -0.138. The Kier molecular flexibility index (Phi) is 6.43. The van der Waals surface area contributed by atoms with E-state index in [9.17, 15) is 26.7 Å². The molecule has 1 fully saturated rings. The van der Waals surface area contributed by atoms with Crippen LogP contribution < -0.4 is 16.8 Å². The molecule has 1 aromatic heterocycles. The number of carbonyl (C=O) groups excluding carboxylic acids is 1. The third-order valence-corrected chi connectivity index (χ3v) is 4.58. The van der Waals surface area contributed by atoms with Crippen molar-refractivity contribution in [1.29, 1.82) is 0 Å². The van der Waals surface area contributed by atoms with E-state index in [1.807, 2.05) is 0 Å². The lowest BCUT2D eigenvalue weighted by Crippen LogP contribution is -2.43. The molecule has 0 bridgehead atoms. The van der Waals surface area contributed by atoms with Crippen molar-refractivity contribution in [3.8, 4) is 0 Å². The third kappa shape index (κ3) is 5.18. The van der Waals surface area contributed by atoms with Crippen LogP contribution >= 0.6 is 0 Å². The molecule has 160 valence electrons. The van der Waals surface area contributed by atoms with Crippen molar-refractivity contribution >= 4 is 17.6 Å². The average molecular weight is 420 g/mol. The molecule has 2 rings (SSSR count). The van der Waals surface area contributed by atoms with E-state index in [2.05, 4.69) is 20.3 Å². The van der Waals surface area contributed by atoms with Gasteiger partial charge in [0.15, 0.2) is 0 Å². The van der Waals surface area contributed by atoms with Gasteiger partial charge in [0, 0.05) is 18.3 Å². The van der Waals surface area contributed by atoms with Gasteiger partial charge < -0.3 is 16.8 Å². The number of amides is 1. The van der Waals surface area contributed by atoms with Crippen LogP contribution in [0.15, 0.2) is 23.1 Å². The van der Waals surface area contributed by atoms with Gasteiger partial charge in [-0.15, -0.1) is 0 Å². The lowest BCUT2D eigenvalue weighted by atomic mass is 9.90. The van der Waals surface area contributed by atoms with Crippen molar-refractivity contribution in [2.45, 2.75) is 45.2 Å². The standard InChI is InChI=1S/C17H21F5N6O/c1-8(26-7-16(2,13(18)19)14(24)29)11(5-23)27-15-25-6-10(17(20,21)22)12(28-15)9-3-4-9/h5-6,9,13H,3-4,7,23H2,1-2H3,(H2,24,29)(H,25,27,28)/b11-5+,26-8?. The molecule has 0 spiro atoms. The number of nitrogens with one attached hydrogen (secondary N) is 1. The van der Waals surface area contributed by atoms with Crippen LogP contribution in [0.4, 0.5) is 27.9 Å². The topological polar surface area (TPSA) is 119 Å². The van der Waals surface area contributed by atoms with E-state index in [0.29, 0.717) is 19.0 Å². The summed E-state index contributed by atoms with van der Waals surface area (Å²) in [7, 11) is 0. The zero-order chi connectivity index (χ0) is 22.0. The summed E-state index contributed by atoms with van der Waals surface area (Å²) in [6.07, 6.45) is -4.69. The molecule has 1 aliphatic carbocycles. The molecule has 0 aromatic carbocycles. The molecule has 1 heterocycles. The maximum Gasteiger partial charge on any atom is 0.419 e. The number of nitrogens with zero attached hydrogens (tertiary/aromatic N) is 3. The van der Waals surface area contributed by atoms with Crippen LogP contribution in [0.25, 0.3) is 0 Å². The number of allylic oxidation sites excluding steroid dienone is 1. The second-order valence-corrected chi connectivity index (χ2v) is 6.95. The summed E-state index contributed by atoms with van der Waals surface area (Å²) in [5, 5.41) is 2.64. The van der Waals surface area contributed by atoms with Crippen LogP contribution in [0.5, 0.6) is 0 Å². The zero-order valence-electron chi connectivity index (χ0n) is 15.7. The Morgan fingerprint density at radius 3 is 2.48 bits per heavy atom. The molecule has 1 amide bonds. The number of carbonyl (C=O) groups is 1. The van der Waals surface area contributed by atoms with Gasteiger partial charge in [-0.2, -0.15) is 13.2 Å². The number of alkyl halides is 5. The minimum absolute atomic E-state index is 0.0904. The number of primary amides is 1. The number of hydrogen-bond acceptors (Lipinski definition) is 6. The average Bonchev–Trinajstić information content (AvgIpc) is 3.47. The fraction of sp³-hybridized carbons (Fsp3) is 0.529. The van der Waals surface area contributed by atoms with E-state index in [0.717, 1.165) is 13.1 Å². The molecule has 1 unspecified atom stereocenters. The normalized spacial score (nSPS) is 17.9. The number of nitrogens with two attached hydrogens (primary N) is 2. The van der Waals surface area contributed by atoms with Crippen molar-refractivity contribution in [3.63, 3.8) is 0 Å². The summed E-state index contributed by atoms with van der Waals surface area (Å²) in [6, 6.07) is 0. The number of aromatic nitrogens is 2. The van der Waals surface area contributed by atoms with Crippen LogP contribution in [0.1, 0.15) is 43.9 Å². The van der Waals surface area contributed by atoms with Crippen LogP contribution in [0.3, 0.4) is 0 Å². The van der Waals surface area contributed by atoms with Crippen molar-refractivity contribution in [1.82, 2.24) is 9.97 Å². The molecule has 1 aliphatic rings. The minimum atomic E-state index is -4.57. The summed E-state index contributed by atoms with van der Waals surface area (Å²) in [4.78, 5) is 22.9. The Labute approximate surface area is 163 Å². The Morgan fingerprint density at radius 1 is 1.41 bits per heavy atom. The van der Waals surface area contributed by atoms with Crippen LogP contribution in [0.2, 0.25) is 0 Å². The fourth-order valence-electron chi connectivity index (χ4n) is 2.34. The minimum Gasteiger partial charge on any atom is -0.403 e. The second kappa shape index (κ2) is 8.29. The van der Waals surface area contributed by atoms with Gasteiger partial charge in [-0.25, -0.2) is 18.7 Å². The van der Waals surface area contributed by atoms with Crippen LogP contribution in [0, 0.1) is 5.41 Å². The van der Waals surface area contributed by atoms with Gasteiger partial charge in [0.1, 0.15) is 5.41 Å². The van der Waals surface area contributed by atoms with Crippen molar-refractivity contribution in [2.75, 3.05) is 11.9 Å². The van der Waals surface area contributed by atoms with Gasteiger partial charge in [-0.05, 0) is 26.7 Å². The zero-order valence-corrected chi connectivity index (χ0v) is 15.7. The molecular formula is C17H21F5N6O. The van der Waals surface area contributed by atoms with Crippen LogP contribution in [-0.4, -0.2) is 34.6 Å². The highest BCUT2D eigenvalue weighted by molar-refractivity contribution is 6.00. The van der Waals surface area contributed by atoms with Gasteiger partial charge >= 0.3 is 6.18 Å². The van der Waals surface area contributed by atoms with Crippen molar-refractivity contribution < 1.29 is 26.7 Å². The maximum atomic E-state index is 13.1. The maximum absolute atomic E-state index is 13.1. The number of hydrogen-bond donors (Lipinski definition) is 3. The first-order chi connectivity index (χ1) is 13.4. The van der Waals surface area contributed by atoms with E-state index in [-0.39, 0.29) is 29.0 Å². The lowest BCUT2D eigenvalue weighted by Gasteiger charge is -2.23. The highest BCUT2D eigenvalue weighted by Gasteiger charge is 2.41. The Hall–Kier alpha value is -2.79. The largest absolute Gasteiger partial charge is 0.419 e. The molecule has 0 saturated heterocycles.